The molecule has 0 unspecified atom stereocenters. The molecule has 2 amide bonds. The molecule has 0 saturated heterocycles. The molecule has 0 aliphatic rings. The summed E-state index contributed by atoms with van der Waals surface area (Å²) in [6, 6.07) is 10.7. The van der Waals surface area contributed by atoms with E-state index in [0.29, 0.717) is 33.1 Å². The van der Waals surface area contributed by atoms with Crippen molar-refractivity contribution < 1.29 is 23.5 Å². The number of carbonyl (C=O) groups is 2. The average molecular weight is 463 g/mol. The summed E-state index contributed by atoms with van der Waals surface area (Å²) in [5.41, 5.74) is 1.18. The molecular formula is C20H19FN4O4S2. The Morgan fingerprint density at radius 3 is 2.52 bits per heavy atom. The van der Waals surface area contributed by atoms with Crippen molar-refractivity contribution in [1.29, 1.82) is 0 Å². The zero-order valence-electron chi connectivity index (χ0n) is 16.7. The number of amides is 2. The smallest absolute Gasteiger partial charge is 0.257 e. The quantitative estimate of drug-likeness (QED) is 0.371. The van der Waals surface area contributed by atoms with Gasteiger partial charge in [-0.2, -0.15) is 0 Å². The lowest BCUT2D eigenvalue weighted by molar-refractivity contribution is -0.118. The molecule has 0 atom stereocenters. The molecule has 0 aliphatic heterocycles. The number of anilines is 1. The molecule has 0 spiro atoms. The number of nitrogens with one attached hydrogen (secondary N) is 2. The van der Waals surface area contributed by atoms with Crippen molar-refractivity contribution in [2.24, 2.45) is 0 Å². The van der Waals surface area contributed by atoms with Crippen molar-refractivity contribution >= 4 is 40.0 Å². The van der Waals surface area contributed by atoms with Gasteiger partial charge in [0, 0.05) is 12.1 Å². The van der Waals surface area contributed by atoms with E-state index in [-0.39, 0.29) is 23.4 Å². The third-order valence-corrected chi connectivity index (χ3v) is 5.97. The molecule has 0 radical (unpaired) electrons. The fraction of sp³-hybridized carbons (Fsp3) is 0.200. The van der Waals surface area contributed by atoms with E-state index in [2.05, 4.69) is 20.8 Å². The minimum absolute atomic E-state index is 0.138. The molecule has 1 aromatic heterocycles. The Bertz CT molecular complexity index is 1060. The zero-order chi connectivity index (χ0) is 22.2. The first kappa shape index (κ1) is 22.5. The Morgan fingerprint density at radius 2 is 1.81 bits per heavy atom. The van der Waals surface area contributed by atoms with Crippen molar-refractivity contribution in [3.8, 4) is 11.5 Å². The summed E-state index contributed by atoms with van der Waals surface area (Å²) in [5, 5.41) is 13.6. The summed E-state index contributed by atoms with van der Waals surface area (Å²) >= 11 is 2.37. The van der Waals surface area contributed by atoms with Gasteiger partial charge in [0.2, 0.25) is 11.0 Å². The third-order valence-electron chi connectivity index (χ3n) is 4.00. The molecular weight excluding hydrogens is 443 g/mol. The fourth-order valence-corrected chi connectivity index (χ4v) is 4.02. The summed E-state index contributed by atoms with van der Waals surface area (Å²) in [6.07, 6.45) is 0. The molecule has 0 bridgehead atoms. The highest BCUT2D eigenvalue weighted by Crippen LogP contribution is 2.29. The number of ether oxygens (including phenoxy) is 2. The highest BCUT2D eigenvalue weighted by Gasteiger charge is 2.14. The van der Waals surface area contributed by atoms with Gasteiger partial charge in [-0.15, -0.1) is 10.2 Å². The van der Waals surface area contributed by atoms with Crippen LogP contribution < -0.4 is 20.1 Å². The van der Waals surface area contributed by atoms with E-state index < -0.39 is 0 Å². The van der Waals surface area contributed by atoms with E-state index in [1.807, 2.05) is 0 Å². The van der Waals surface area contributed by atoms with E-state index >= 15 is 0 Å². The number of rotatable bonds is 9. The second kappa shape index (κ2) is 10.7. The standard InChI is InChI=1S/C20H19FN4O4S2/c1-28-15-8-5-13(9-16(15)29-2)18(27)23-19-24-25-20(31-19)30-11-17(26)22-10-12-3-6-14(21)7-4-12/h3-9H,10-11H2,1-2H3,(H,22,26)(H,23,24,27). The number of nitrogens with zero attached hydrogens (tertiary/aromatic N) is 2. The lowest BCUT2D eigenvalue weighted by Crippen LogP contribution is -2.24. The van der Waals surface area contributed by atoms with Crippen molar-refractivity contribution in [1.82, 2.24) is 15.5 Å². The summed E-state index contributed by atoms with van der Waals surface area (Å²) in [7, 11) is 3.00. The second-order valence-corrected chi connectivity index (χ2v) is 8.29. The van der Waals surface area contributed by atoms with Crippen molar-refractivity contribution in [3.63, 3.8) is 0 Å². The van der Waals surface area contributed by atoms with Crippen LogP contribution in [0.4, 0.5) is 9.52 Å². The third kappa shape index (κ3) is 6.40. The van der Waals surface area contributed by atoms with Crippen LogP contribution in [0.3, 0.4) is 0 Å². The van der Waals surface area contributed by atoms with Crippen LogP contribution in [-0.4, -0.2) is 42.0 Å². The Balaban J connectivity index is 1.49. The number of halogens is 1. The lowest BCUT2D eigenvalue weighted by atomic mass is 10.2. The van der Waals surface area contributed by atoms with Crippen LogP contribution in [-0.2, 0) is 11.3 Å². The minimum Gasteiger partial charge on any atom is -0.493 e. The fourth-order valence-electron chi connectivity index (χ4n) is 2.45. The first-order chi connectivity index (χ1) is 15.0. The topological polar surface area (TPSA) is 102 Å². The molecule has 0 aliphatic carbocycles. The van der Waals surface area contributed by atoms with E-state index in [4.69, 9.17) is 9.47 Å². The highest BCUT2D eigenvalue weighted by molar-refractivity contribution is 8.01. The predicted molar refractivity (Wildman–Crippen MR) is 116 cm³/mol. The van der Waals surface area contributed by atoms with Gasteiger partial charge in [0.05, 0.1) is 20.0 Å². The van der Waals surface area contributed by atoms with Crippen molar-refractivity contribution in [3.05, 3.63) is 59.4 Å². The second-order valence-electron chi connectivity index (χ2n) is 6.09. The van der Waals surface area contributed by atoms with Gasteiger partial charge in [-0.25, -0.2) is 4.39 Å². The molecule has 2 aromatic carbocycles. The van der Waals surface area contributed by atoms with E-state index in [1.54, 1.807) is 30.3 Å². The van der Waals surface area contributed by atoms with Gasteiger partial charge in [0.15, 0.2) is 15.8 Å². The highest BCUT2D eigenvalue weighted by atomic mass is 32.2. The number of benzene rings is 2. The Labute approximate surface area is 186 Å². The number of hydrogen-bond acceptors (Lipinski definition) is 8. The van der Waals surface area contributed by atoms with Gasteiger partial charge >= 0.3 is 0 Å². The average Bonchev–Trinajstić information content (AvgIpc) is 3.24. The Hall–Kier alpha value is -3.18. The van der Waals surface area contributed by atoms with Gasteiger partial charge in [0.1, 0.15) is 5.82 Å². The summed E-state index contributed by atoms with van der Waals surface area (Å²) in [4.78, 5) is 24.4. The van der Waals surface area contributed by atoms with Crippen LogP contribution in [0.25, 0.3) is 0 Å². The Morgan fingerprint density at radius 1 is 1.06 bits per heavy atom. The van der Waals surface area contributed by atoms with Crippen LogP contribution in [0.15, 0.2) is 46.8 Å². The number of methoxy groups -OCH3 is 2. The van der Waals surface area contributed by atoms with E-state index in [0.717, 1.165) is 16.9 Å². The van der Waals surface area contributed by atoms with Gasteiger partial charge in [0.25, 0.3) is 5.91 Å². The van der Waals surface area contributed by atoms with E-state index in [9.17, 15) is 14.0 Å². The molecule has 11 heteroatoms. The molecule has 3 rings (SSSR count). The first-order valence-electron chi connectivity index (χ1n) is 8.99. The van der Waals surface area contributed by atoms with E-state index in [1.165, 1.54) is 38.1 Å². The first-order valence-corrected chi connectivity index (χ1v) is 10.8. The van der Waals surface area contributed by atoms with Crippen LogP contribution >= 0.6 is 23.1 Å². The maximum Gasteiger partial charge on any atom is 0.257 e. The molecule has 162 valence electrons. The largest absolute Gasteiger partial charge is 0.493 e. The molecule has 31 heavy (non-hydrogen) atoms. The summed E-state index contributed by atoms with van der Waals surface area (Å²) < 4.78 is 23.8. The molecule has 1 heterocycles. The number of aromatic nitrogens is 2. The van der Waals surface area contributed by atoms with Crippen LogP contribution in [0, 0.1) is 5.82 Å². The lowest BCUT2D eigenvalue weighted by Gasteiger charge is -2.08. The van der Waals surface area contributed by atoms with Gasteiger partial charge in [-0.05, 0) is 35.9 Å². The van der Waals surface area contributed by atoms with Gasteiger partial charge in [-0.3, -0.25) is 14.9 Å². The molecule has 2 N–H and O–H groups in total. The van der Waals surface area contributed by atoms with Crippen molar-refractivity contribution in [2.75, 3.05) is 25.3 Å². The molecule has 0 fully saturated rings. The number of thioether (sulfide) groups is 1. The summed E-state index contributed by atoms with van der Waals surface area (Å²) in [6.45, 7) is 0.308. The Kier molecular flexibility index (Phi) is 7.79. The number of hydrogen-bond donors (Lipinski definition) is 2. The molecule has 8 nitrogen and oxygen atoms in total. The van der Waals surface area contributed by atoms with Crippen molar-refractivity contribution in [2.45, 2.75) is 10.9 Å². The predicted octanol–water partition coefficient (Wildman–Crippen LogP) is 3.36. The molecule has 3 aromatic rings. The van der Waals surface area contributed by atoms with Crippen LogP contribution in [0.2, 0.25) is 0 Å². The van der Waals surface area contributed by atoms with Crippen LogP contribution in [0.1, 0.15) is 15.9 Å². The van der Waals surface area contributed by atoms with Gasteiger partial charge in [-0.1, -0.05) is 35.2 Å². The SMILES string of the molecule is COc1ccc(C(=O)Nc2nnc(SCC(=O)NCc3ccc(F)cc3)s2)cc1OC. The normalized spacial score (nSPS) is 10.4. The zero-order valence-corrected chi connectivity index (χ0v) is 18.3. The van der Waals surface area contributed by atoms with Gasteiger partial charge < -0.3 is 14.8 Å². The monoisotopic (exact) mass is 462 g/mol. The minimum atomic E-state index is -0.370. The maximum absolute atomic E-state index is 12.9. The summed E-state index contributed by atoms with van der Waals surface area (Å²) in [5.74, 6) is 0.211. The number of carbonyl (C=O) groups excluding carboxylic acids is 2. The maximum atomic E-state index is 12.9. The molecule has 0 saturated carbocycles. The van der Waals surface area contributed by atoms with Crippen LogP contribution in [0.5, 0.6) is 11.5 Å².